The van der Waals surface area contributed by atoms with Gasteiger partial charge in [-0.2, -0.15) is 22.0 Å². The summed E-state index contributed by atoms with van der Waals surface area (Å²) in [7, 11) is -2.22. The van der Waals surface area contributed by atoms with Gasteiger partial charge in [0, 0.05) is 23.7 Å². The van der Waals surface area contributed by atoms with Gasteiger partial charge in [-0.15, -0.1) is 0 Å². The van der Waals surface area contributed by atoms with Crippen molar-refractivity contribution in [2.75, 3.05) is 30.9 Å². The summed E-state index contributed by atoms with van der Waals surface area (Å²) < 4.78 is 104. The van der Waals surface area contributed by atoms with Gasteiger partial charge in [0.1, 0.15) is 11.9 Å². The van der Waals surface area contributed by atoms with Crippen LogP contribution in [0.5, 0.6) is 5.75 Å². The second-order valence-corrected chi connectivity index (χ2v) is 13.4. The first-order chi connectivity index (χ1) is 23.2. The van der Waals surface area contributed by atoms with Crippen molar-refractivity contribution in [2.45, 2.75) is 55.6 Å². The molecule has 1 aliphatic heterocycles. The van der Waals surface area contributed by atoms with Crippen LogP contribution in [0.3, 0.4) is 0 Å². The average Bonchev–Trinajstić information content (AvgIpc) is 3.49. The molecule has 1 saturated heterocycles. The minimum atomic E-state index is -4.50. The van der Waals surface area contributed by atoms with Gasteiger partial charge in [0.2, 0.25) is 0 Å². The Kier molecular flexibility index (Phi) is 12.4. The summed E-state index contributed by atoms with van der Waals surface area (Å²) >= 11 is 0. The number of anilines is 1. The Hall–Kier alpha value is -4.50. The first-order valence-electron chi connectivity index (χ1n) is 15.2. The zero-order valence-electron chi connectivity index (χ0n) is 26.5. The van der Waals surface area contributed by atoms with E-state index in [9.17, 15) is 40.0 Å². The van der Waals surface area contributed by atoms with Crippen molar-refractivity contribution in [1.29, 1.82) is 0 Å². The van der Waals surface area contributed by atoms with Crippen LogP contribution in [0.25, 0.3) is 0 Å². The van der Waals surface area contributed by atoms with Crippen LogP contribution in [-0.4, -0.2) is 65.1 Å². The molecule has 15 heteroatoms. The molecule has 4 rings (SSSR count). The number of hydrogen-bond acceptors (Lipinski definition) is 8. The second-order valence-electron chi connectivity index (χ2n) is 11.1. The van der Waals surface area contributed by atoms with Gasteiger partial charge < -0.3 is 24.4 Å². The average molecular weight is 711 g/mol. The molecular weight excluding hydrogens is 675 g/mol. The van der Waals surface area contributed by atoms with Crippen molar-refractivity contribution < 1.29 is 54.2 Å². The summed E-state index contributed by atoms with van der Waals surface area (Å²) in [5.74, 6) is -0.945. The molecule has 0 radical (unpaired) electrons. The Balaban J connectivity index is 1.49. The van der Waals surface area contributed by atoms with E-state index in [0.29, 0.717) is 11.3 Å². The maximum Gasteiger partial charge on any atom is 0.416 e. The van der Waals surface area contributed by atoms with Gasteiger partial charge in [-0.25, -0.2) is 13.2 Å². The lowest BCUT2D eigenvalue weighted by atomic mass is 10.0. The van der Waals surface area contributed by atoms with Crippen LogP contribution in [-0.2, 0) is 30.3 Å². The SMILES string of the molecule is CCS(=O)(=O)c1ccc(C(C/C=C/C(=O)OC)NC(=O)c2ccc(N3C[C@@H](Oc4ccc(C(F)(F)F)cc4)C[C@H]3COC(F)F)cc2)cc1. The first kappa shape index (κ1) is 37.3. The number of benzene rings is 3. The zero-order chi connectivity index (χ0) is 35.8. The predicted octanol–water partition coefficient (Wildman–Crippen LogP) is 6.35. The lowest BCUT2D eigenvalue weighted by molar-refractivity contribution is -0.137. The van der Waals surface area contributed by atoms with Gasteiger partial charge in [-0.1, -0.05) is 25.1 Å². The molecule has 3 aromatic rings. The fourth-order valence-electron chi connectivity index (χ4n) is 5.30. The lowest BCUT2D eigenvalue weighted by Crippen LogP contribution is -2.34. The fraction of sp³-hybridized carbons (Fsp3) is 0.353. The molecule has 0 aliphatic carbocycles. The molecule has 1 N–H and O–H groups in total. The van der Waals surface area contributed by atoms with E-state index in [2.05, 4.69) is 14.8 Å². The number of carbonyl (C=O) groups excluding carboxylic acids is 2. The van der Waals surface area contributed by atoms with Crippen LogP contribution in [0.4, 0.5) is 27.6 Å². The summed E-state index contributed by atoms with van der Waals surface area (Å²) in [6.07, 6.45) is -1.90. The van der Waals surface area contributed by atoms with E-state index in [4.69, 9.17) is 4.74 Å². The number of sulfone groups is 1. The molecule has 1 amide bonds. The molecule has 264 valence electrons. The number of hydrogen-bond donors (Lipinski definition) is 1. The third kappa shape index (κ3) is 10.2. The van der Waals surface area contributed by atoms with Gasteiger partial charge in [0.15, 0.2) is 9.84 Å². The molecule has 0 saturated carbocycles. The molecule has 49 heavy (non-hydrogen) atoms. The maximum atomic E-state index is 13.3. The van der Waals surface area contributed by atoms with Gasteiger partial charge in [0.05, 0.1) is 48.6 Å². The van der Waals surface area contributed by atoms with Gasteiger partial charge in [-0.05, 0) is 72.6 Å². The predicted molar refractivity (Wildman–Crippen MR) is 170 cm³/mol. The van der Waals surface area contributed by atoms with Crippen molar-refractivity contribution >= 4 is 27.4 Å². The number of halogens is 5. The van der Waals surface area contributed by atoms with Crippen molar-refractivity contribution in [1.82, 2.24) is 5.32 Å². The molecule has 3 aromatic carbocycles. The number of nitrogens with zero attached hydrogens (tertiary/aromatic N) is 1. The molecule has 0 aromatic heterocycles. The molecule has 1 heterocycles. The van der Waals surface area contributed by atoms with Crippen LogP contribution < -0.4 is 15.0 Å². The monoisotopic (exact) mass is 710 g/mol. The Morgan fingerprint density at radius 3 is 2.22 bits per heavy atom. The van der Waals surface area contributed by atoms with Gasteiger partial charge in [-0.3, -0.25) is 4.79 Å². The highest BCUT2D eigenvalue weighted by atomic mass is 32.2. The number of esters is 1. The minimum Gasteiger partial charge on any atom is -0.489 e. The summed E-state index contributed by atoms with van der Waals surface area (Å²) in [6, 6.07) is 15.4. The van der Waals surface area contributed by atoms with Gasteiger partial charge in [0.25, 0.3) is 5.91 Å². The second kappa shape index (κ2) is 16.3. The van der Waals surface area contributed by atoms with Crippen molar-refractivity contribution in [2.24, 2.45) is 0 Å². The number of ether oxygens (including phenoxy) is 3. The standard InChI is InChI=1S/C34H35F5N2O7S/c1-3-49(44,45)29-17-9-22(10-18-29)30(5-4-6-31(42)46-2)40-32(43)23-7-13-25(14-8-23)41-20-28(19-26(41)21-47-33(35)36)48-27-15-11-24(12-16-27)34(37,38)39/h4,6-18,26,28,30,33H,3,5,19-21H2,1-2H3,(H,40,43)/b6-4+/t26-,28-,30?/m0/s1. The summed E-state index contributed by atoms with van der Waals surface area (Å²) in [5, 5.41) is 2.89. The van der Waals surface area contributed by atoms with E-state index in [1.165, 1.54) is 62.6 Å². The maximum absolute atomic E-state index is 13.3. The van der Waals surface area contributed by atoms with Crippen molar-refractivity contribution in [3.63, 3.8) is 0 Å². The zero-order valence-corrected chi connectivity index (χ0v) is 27.3. The highest BCUT2D eigenvalue weighted by molar-refractivity contribution is 7.91. The normalized spacial score (nSPS) is 17.3. The van der Waals surface area contributed by atoms with Crippen LogP contribution in [0.15, 0.2) is 89.8 Å². The Bertz CT molecular complexity index is 1700. The van der Waals surface area contributed by atoms with Gasteiger partial charge >= 0.3 is 18.8 Å². The number of carbonyl (C=O) groups is 2. The Labute approximate surface area is 280 Å². The molecule has 1 fully saturated rings. The van der Waals surface area contributed by atoms with Crippen LogP contribution >= 0.6 is 0 Å². The van der Waals surface area contributed by atoms with E-state index in [-0.39, 0.29) is 48.0 Å². The Morgan fingerprint density at radius 2 is 1.65 bits per heavy atom. The van der Waals surface area contributed by atoms with E-state index in [0.717, 1.165) is 12.1 Å². The minimum absolute atomic E-state index is 0.0748. The number of methoxy groups -OCH3 is 1. The molecule has 1 aliphatic rings. The largest absolute Gasteiger partial charge is 0.489 e. The topological polar surface area (TPSA) is 111 Å². The number of rotatable bonds is 14. The lowest BCUT2D eigenvalue weighted by Gasteiger charge is -2.26. The van der Waals surface area contributed by atoms with E-state index < -0.39 is 58.3 Å². The quantitative estimate of drug-likeness (QED) is 0.117. The first-order valence-corrected chi connectivity index (χ1v) is 16.8. The third-order valence-corrected chi connectivity index (χ3v) is 9.64. The van der Waals surface area contributed by atoms with E-state index >= 15 is 0 Å². The summed E-state index contributed by atoms with van der Waals surface area (Å²) in [5.41, 5.74) is 0.591. The fourth-order valence-corrected chi connectivity index (χ4v) is 6.18. The van der Waals surface area contributed by atoms with Crippen LogP contribution in [0.2, 0.25) is 0 Å². The third-order valence-electron chi connectivity index (χ3n) is 7.89. The number of amides is 1. The molecular formula is C34H35F5N2O7S. The summed E-state index contributed by atoms with van der Waals surface area (Å²) in [6.45, 7) is -1.61. The van der Waals surface area contributed by atoms with Crippen LogP contribution in [0.1, 0.15) is 47.3 Å². The molecule has 0 spiro atoms. The molecule has 9 nitrogen and oxygen atoms in total. The van der Waals surface area contributed by atoms with E-state index in [1.807, 2.05) is 0 Å². The van der Waals surface area contributed by atoms with Crippen molar-refractivity contribution in [3.05, 3.63) is 102 Å². The highest BCUT2D eigenvalue weighted by Crippen LogP contribution is 2.33. The van der Waals surface area contributed by atoms with Crippen LogP contribution in [0, 0.1) is 0 Å². The van der Waals surface area contributed by atoms with E-state index in [1.54, 1.807) is 29.2 Å². The highest BCUT2D eigenvalue weighted by Gasteiger charge is 2.35. The number of nitrogens with one attached hydrogen (secondary N) is 1. The van der Waals surface area contributed by atoms with Crippen molar-refractivity contribution in [3.8, 4) is 5.75 Å². The number of alkyl halides is 5. The smallest absolute Gasteiger partial charge is 0.416 e. The molecule has 1 unspecified atom stereocenters. The molecule has 3 atom stereocenters. The summed E-state index contributed by atoms with van der Waals surface area (Å²) in [4.78, 5) is 26.8. The molecule has 0 bridgehead atoms. The Morgan fingerprint density at radius 1 is 1.00 bits per heavy atom.